The van der Waals surface area contributed by atoms with Crippen LogP contribution in [0.3, 0.4) is 0 Å². The van der Waals surface area contributed by atoms with Crippen LogP contribution in [0.5, 0.6) is 0 Å². The maximum atomic E-state index is 10.2. The van der Waals surface area contributed by atoms with E-state index in [1.54, 1.807) is 23.0 Å². The van der Waals surface area contributed by atoms with E-state index in [0.29, 0.717) is 0 Å². The Morgan fingerprint density at radius 1 is 1.80 bits per heavy atom. The van der Waals surface area contributed by atoms with Crippen molar-refractivity contribution in [2.45, 2.75) is 13.5 Å². The Bertz CT molecular complexity index is 242. The number of hydrogen-bond acceptors (Lipinski definition) is 1. The van der Waals surface area contributed by atoms with Crippen molar-refractivity contribution in [1.82, 2.24) is 4.57 Å². The molecule has 1 aromatic rings. The zero-order chi connectivity index (χ0) is 7.56. The van der Waals surface area contributed by atoms with Crippen LogP contribution in [0.1, 0.15) is 6.92 Å². The first-order valence-electron chi connectivity index (χ1n) is 3.06. The molecule has 0 aliphatic carbocycles. The standard InChI is InChI=1S/C6H9N2O2/c1-2-7-4-3-6(5-7)8(9)10/h3-5H,2H2,1H3,(H,9,10)/q+1. The molecule has 0 aliphatic rings. The van der Waals surface area contributed by atoms with Crippen LogP contribution in [0, 0.1) is 4.91 Å². The molecule has 0 aromatic carbocycles. The van der Waals surface area contributed by atoms with E-state index in [1.807, 2.05) is 6.92 Å². The Hall–Kier alpha value is -1.32. The zero-order valence-electron chi connectivity index (χ0n) is 5.69. The molecule has 1 heterocycles. The fraction of sp³-hybridized carbons (Fsp3) is 0.333. The lowest BCUT2D eigenvalue weighted by Gasteiger charge is -1.89. The number of aryl methyl sites for hydroxylation is 1. The predicted molar refractivity (Wildman–Crippen MR) is 35.2 cm³/mol. The summed E-state index contributed by atoms with van der Waals surface area (Å²) in [6.07, 6.45) is 3.31. The molecule has 1 rings (SSSR count). The fourth-order valence-electron chi connectivity index (χ4n) is 0.738. The van der Waals surface area contributed by atoms with Crippen molar-refractivity contribution >= 4 is 5.69 Å². The first-order valence-corrected chi connectivity index (χ1v) is 3.06. The van der Waals surface area contributed by atoms with Gasteiger partial charge in [-0.3, -0.25) is 0 Å². The van der Waals surface area contributed by atoms with Crippen LogP contribution in [0.25, 0.3) is 0 Å². The van der Waals surface area contributed by atoms with Gasteiger partial charge in [-0.2, -0.15) is 0 Å². The normalized spacial score (nSPS) is 9.70. The Kier molecular flexibility index (Phi) is 1.71. The molecule has 0 atom stereocenters. The minimum atomic E-state index is -0.147. The molecule has 0 aliphatic heterocycles. The van der Waals surface area contributed by atoms with Crippen molar-refractivity contribution in [3.63, 3.8) is 0 Å². The van der Waals surface area contributed by atoms with Crippen molar-refractivity contribution in [2.75, 3.05) is 0 Å². The third-order valence-corrected chi connectivity index (χ3v) is 1.32. The van der Waals surface area contributed by atoms with Crippen LogP contribution in [-0.2, 0) is 6.54 Å². The van der Waals surface area contributed by atoms with Gasteiger partial charge in [-0.1, -0.05) is 0 Å². The van der Waals surface area contributed by atoms with Crippen LogP contribution in [0.4, 0.5) is 5.69 Å². The van der Waals surface area contributed by atoms with Gasteiger partial charge in [0.1, 0.15) is 0 Å². The van der Waals surface area contributed by atoms with Crippen molar-refractivity contribution in [3.05, 3.63) is 23.4 Å². The fourth-order valence-corrected chi connectivity index (χ4v) is 0.738. The topological polar surface area (TPSA) is 45.2 Å². The predicted octanol–water partition coefficient (Wildman–Crippen LogP) is 1.31. The summed E-state index contributed by atoms with van der Waals surface area (Å²) < 4.78 is 1.80. The van der Waals surface area contributed by atoms with Crippen molar-refractivity contribution < 1.29 is 10.1 Å². The van der Waals surface area contributed by atoms with Gasteiger partial charge < -0.3 is 4.57 Å². The molecular formula is C6H9N2O2+. The molecule has 0 amide bonds. The summed E-state index contributed by atoms with van der Waals surface area (Å²) in [5.74, 6) is 0. The molecular weight excluding hydrogens is 132 g/mol. The number of rotatable bonds is 2. The first kappa shape index (κ1) is 6.80. The SMILES string of the molecule is CCn1ccc([N+](=O)O)c1. The molecule has 0 saturated carbocycles. The van der Waals surface area contributed by atoms with Crippen molar-refractivity contribution in [2.24, 2.45) is 0 Å². The monoisotopic (exact) mass is 141 g/mol. The quantitative estimate of drug-likeness (QED) is 0.631. The van der Waals surface area contributed by atoms with Gasteiger partial charge in [-0.15, -0.1) is 0 Å². The van der Waals surface area contributed by atoms with Crippen LogP contribution in [-0.4, -0.2) is 14.7 Å². The first-order chi connectivity index (χ1) is 4.74. The molecule has 0 unspecified atom stereocenters. The van der Waals surface area contributed by atoms with E-state index in [-0.39, 0.29) is 10.6 Å². The van der Waals surface area contributed by atoms with Gasteiger partial charge in [0.2, 0.25) is 0 Å². The lowest BCUT2D eigenvalue weighted by atomic mass is 10.6. The van der Waals surface area contributed by atoms with Gasteiger partial charge in [0.15, 0.2) is 0 Å². The van der Waals surface area contributed by atoms with Gasteiger partial charge >= 0.3 is 5.69 Å². The van der Waals surface area contributed by atoms with E-state index >= 15 is 0 Å². The van der Waals surface area contributed by atoms with E-state index < -0.39 is 0 Å². The average Bonchev–Trinajstić information content (AvgIpc) is 2.34. The zero-order valence-corrected chi connectivity index (χ0v) is 5.69. The molecule has 0 fully saturated rings. The molecule has 0 bridgehead atoms. The summed E-state index contributed by atoms with van der Waals surface area (Å²) in [5.41, 5.74) is 0.266. The molecule has 0 radical (unpaired) electrons. The maximum Gasteiger partial charge on any atom is 0.334 e. The summed E-state index contributed by atoms with van der Waals surface area (Å²) in [6, 6.07) is 1.55. The van der Waals surface area contributed by atoms with Gasteiger partial charge in [-0.25, -0.2) is 5.21 Å². The second kappa shape index (κ2) is 2.51. The molecule has 54 valence electrons. The van der Waals surface area contributed by atoms with E-state index in [4.69, 9.17) is 5.21 Å². The van der Waals surface area contributed by atoms with Gasteiger partial charge in [0, 0.05) is 18.8 Å². The molecule has 1 aromatic heterocycles. The Morgan fingerprint density at radius 2 is 2.50 bits per heavy atom. The summed E-state index contributed by atoms with van der Waals surface area (Å²) in [5, 5.41) is 8.40. The third kappa shape index (κ3) is 1.15. The second-order valence-electron chi connectivity index (χ2n) is 1.97. The Labute approximate surface area is 58.2 Å². The summed E-state index contributed by atoms with van der Waals surface area (Å²) in [6.45, 7) is 2.75. The van der Waals surface area contributed by atoms with E-state index in [1.165, 1.54) is 0 Å². The lowest BCUT2D eigenvalue weighted by Crippen LogP contribution is -1.90. The summed E-state index contributed by atoms with van der Waals surface area (Å²) >= 11 is 0. The Morgan fingerprint density at radius 3 is 2.80 bits per heavy atom. The Balaban J connectivity index is 2.88. The molecule has 1 N–H and O–H groups in total. The average molecular weight is 141 g/mol. The summed E-state index contributed by atoms with van der Waals surface area (Å²) in [7, 11) is 0. The molecule has 4 heteroatoms. The largest absolute Gasteiger partial charge is 0.348 e. The van der Waals surface area contributed by atoms with Gasteiger partial charge in [0.25, 0.3) is 4.92 Å². The van der Waals surface area contributed by atoms with Crippen LogP contribution < -0.4 is 0 Å². The van der Waals surface area contributed by atoms with E-state index in [0.717, 1.165) is 6.54 Å². The van der Waals surface area contributed by atoms with Crippen LogP contribution in [0.2, 0.25) is 0 Å². The highest BCUT2D eigenvalue weighted by Crippen LogP contribution is 2.08. The molecule has 0 saturated heterocycles. The molecule has 4 nitrogen and oxygen atoms in total. The third-order valence-electron chi connectivity index (χ3n) is 1.32. The number of nitrogens with zero attached hydrogens (tertiary/aromatic N) is 2. The van der Waals surface area contributed by atoms with Gasteiger partial charge in [0.05, 0.1) is 11.1 Å². The number of aromatic nitrogens is 1. The van der Waals surface area contributed by atoms with E-state index in [9.17, 15) is 4.91 Å². The van der Waals surface area contributed by atoms with Crippen molar-refractivity contribution in [3.8, 4) is 0 Å². The van der Waals surface area contributed by atoms with Crippen LogP contribution >= 0.6 is 0 Å². The minimum Gasteiger partial charge on any atom is -0.348 e. The minimum absolute atomic E-state index is 0.147. The summed E-state index contributed by atoms with van der Waals surface area (Å²) in [4.78, 5) is 10.1. The highest BCUT2D eigenvalue weighted by molar-refractivity contribution is 5.24. The molecule has 10 heavy (non-hydrogen) atoms. The highest BCUT2D eigenvalue weighted by atomic mass is 16.6. The van der Waals surface area contributed by atoms with Gasteiger partial charge in [-0.05, 0) is 6.92 Å². The second-order valence-corrected chi connectivity index (χ2v) is 1.97. The van der Waals surface area contributed by atoms with E-state index in [2.05, 4.69) is 0 Å². The highest BCUT2D eigenvalue weighted by Gasteiger charge is 2.11. The molecule has 0 spiro atoms. The van der Waals surface area contributed by atoms with Crippen LogP contribution in [0.15, 0.2) is 18.5 Å². The number of hydrogen-bond donors (Lipinski definition) is 1. The maximum absolute atomic E-state index is 10.2. The lowest BCUT2D eigenvalue weighted by molar-refractivity contribution is -0.729. The van der Waals surface area contributed by atoms with Crippen molar-refractivity contribution in [1.29, 1.82) is 0 Å². The smallest absolute Gasteiger partial charge is 0.334 e.